The van der Waals surface area contributed by atoms with Crippen LogP contribution in [0.2, 0.25) is 0 Å². The van der Waals surface area contributed by atoms with Crippen molar-refractivity contribution in [1.29, 1.82) is 0 Å². The van der Waals surface area contributed by atoms with Crippen LogP contribution in [0.15, 0.2) is 12.3 Å². The lowest BCUT2D eigenvalue weighted by Crippen LogP contribution is -2.49. The van der Waals surface area contributed by atoms with Gasteiger partial charge < -0.3 is 10.2 Å². The van der Waals surface area contributed by atoms with E-state index >= 15 is 0 Å². The minimum Gasteiger partial charge on any atom is -0.337 e. The first kappa shape index (κ1) is 11.2. The van der Waals surface area contributed by atoms with E-state index in [1.165, 1.54) is 0 Å². The summed E-state index contributed by atoms with van der Waals surface area (Å²) < 4.78 is 1.75. The molecule has 1 saturated heterocycles. The molecule has 0 aliphatic carbocycles. The molecule has 2 aromatic rings. The highest BCUT2D eigenvalue weighted by atomic mass is 15.4. The van der Waals surface area contributed by atoms with Crippen molar-refractivity contribution >= 4 is 5.95 Å². The number of aromatic nitrogens is 5. The molecule has 0 radical (unpaired) electrons. The molecular formula is C11H17N7. The summed E-state index contributed by atoms with van der Waals surface area (Å²) in [5.74, 6) is 1.47. The van der Waals surface area contributed by atoms with E-state index in [-0.39, 0.29) is 0 Å². The molecule has 1 unspecified atom stereocenters. The van der Waals surface area contributed by atoms with E-state index in [4.69, 9.17) is 0 Å². The fraction of sp³-hybridized carbons (Fsp3) is 0.545. The maximum atomic E-state index is 4.51. The second kappa shape index (κ2) is 4.41. The van der Waals surface area contributed by atoms with Crippen LogP contribution in [0.3, 0.4) is 0 Å². The highest BCUT2D eigenvalue weighted by Crippen LogP contribution is 2.16. The summed E-state index contributed by atoms with van der Waals surface area (Å²) in [6, 6.07) is 2.39. The molecule has 7 nitrogen and oxygen atoms in total. The monoisotopic (exact) mass is 247 g/mol. The third-order valence-corrected chi connectivity index (χ3v) is 3.08. The van der Waals surface area contributed by atoms with E-state index in [9.17, 15) is 0 Å². The standard InChI is InChI=1S/C11H17N7/c1-8-7-18(6-4-12-8)11-13-10(14-15-11)9-3-5-17(2)16-9/h3,5,8,12H,4,6-7H2,1-2H3,(H,13,14,15). The summed E-state index contributed by atoms with van der Waals surface area (Å²) in [6.45, 7) is 5.00. The number of nitrogens with zero attached hydrogens (tertiary/aromatic N) is 5. The maximum absolute atomic E-state index is 4.51. The first-order chi connectivity index (χ1) is 8.72. The van der Waals surface area contributed by atoms with Gasteiger partial charge in [0.15, 0.2) is 5.82 Å². The van der Waals surface area contributed by atoms with Crippen LogP contribution in [-0.4, -0.2) is 50.6 Å². The van der Waals surface area contributed by atoms with E-state index in [0.29, 0.717) is 6.04 Å². The Kier molecular flexibility index (Phi) is 2.75. The molecular weight excluding hydrogens is 230 g/mol. The largest absolute Gasteiger partial charge is 0.337 e. The van der Waals surface area contributed by atoms with Crippen LogP contribution in [0, 0.1) is 0 Å². The fourth-order valence-electron chi connectivity index (χ4n) is 2.16. The van der Waals surface area contributed by atoms with Crippen molar-refractivity contribution < 1.29 is 0 Å². The van der Waals surface area contributed by atoms with Gasteiger partial charge >= 0.3 is 0 Å². The molecule has 0 amide bonds. The average molecular weight is 247 g/mol. The molecule has 1 atom stereocenters. The quantitative estimate of drug-likeness (QED) is 0.781. The molecule has 2 aromatic heterocycles. The zero-order valence-electron chi connectivity index (χ0n) is 10.6. The van der Waals surface area contributed by atoms with Crippen LogP contribution in [0.1, 0.15) is 6.92 Å². The summed E-state index contributed by atoms with van der Waals surface area (Å²) in [4.78, 5) is 6.69. The van der Waals surface area contributed by atoms with Gasteiger partial charge in [0.05, 0.1) is 0 Å². The zero-order chi connectivity index (χ0) is 12.5. The van der Waals surface area contributed by atoms with Crippen molar-refractivity contribution in [3.05, 3.63) is 12.3 Å². The Morgan fingerprint density at radius 1 is 1.44 bits per heavy atom. The Bertz CT molecular complexity index is 529. The van der Waals surface area contributed by atoms with Crippen LogP contribution < -0.4 is 10.2 Å². The van der Waals surface area contributed by atoms with E-state index < -0.39 is 0 Å². The Hall–Kier alpha value is -1.89. The lowest BCUT2D eigenvalue weighted by atomic mass is 10.2. The number of rotatable bonds is 2. The van der Waals surface area contributed by atoms with Gasteiger partial charge in [0.2, 0.25) is 5.95 Å². The van der Waals surface area contributed by atoms with Crippen LogP contribution in [-0.2, 0) is 7.05 Å². The van der Waals surface area contributed by atoms with Gasteiger partial charge in [0.1, 0.15) is 5.69 Å². The van der Waals surface area contributed by atoms with Gasteiger partial charge in [-0.25, -0.2) is 0 Å². The second-order valence-electron chi connectivity index (χ2n) is 4.66. The van der Waals surface area contributed by atoms with Gasteiger partial charge in [-0.1, -0.05) is 0 Å². The molecule has 1 aliphatic rings. The number of piperazine rings is 1. The molecule has 7 heteroatoms. The molecule has 0 bridgehead atoms. The maximum Gasteiger partial charge on any atom is 0.245 e. The number of nitrogens with one attached hydrogen (secondary N) is 2. The van der Waals surface area contributed by atoms with Gasteiger partial charge in [0, 0.05) is 38.9 Å². The third kappa shape index (κ3) is 2.08. The van der Waals surface area contributed by atoms with Crippen LogP contribution in [0.25, 0.3) is 11.5 Å². The van der Waals surface area contributed by atoms with Crippen molar-refractivity contribution in [2.75, 3.05) is 24.5 Å². The van der Waals surface area contributed by atoms with Crippen molar-refractivity contribution in [1.82, 2.24) is 30.3 Å². The van der Waals surface area contributed by atoms with Gasteiger partial charge in [-0.05, 0) is 13.0 Å². The lowest BCUT2D eigenvalue weighted by Gasteiger charge is -2.30. The molecule has 3 heterocycles. The first-order valence-electron chi connectivity index (χ1n) is 6.13. The second-order valence-corrected chi connectivity index (χ2v) is 4.66. The summed E-state index contributed by atoms with van der Waals surface area (Å²) in [5.41, 5.74) is 0.819. The summed E-state index contributed by atoms with van der Waals surface area (Å²) in [5, 5.41) is 14.9. The molecule has 1 aliphatic heterocycles. The molecule has 0 spiro atoms. The summed E-state index contributed by atoms with van der Waals surface area (Å²) in [7, 11) is 1.89. The minimum atomic E-state index is 0.468. The van der Waals surface area contributed by atoms with E-state index in [0.717, 1.165) is 37.1 Å². The van der Waals surface area contributed by atoms with Crippen molar-refractivity contribution in [3.8, 4) is 11.5 Å². The van der Waals surface area contributed by atoms with Crippen molar-refractivity contribution in [3.63, 3.8) is 0 Å². The zero-order valence-corrected chi connectivity index (χ0v) is 10.6. The SMILES string of the molecule is CC1CN(c2n[nH]c(-c3ccn(C)n3)n2)CCN1. The molecule has 2 N–H and O–H groups in total. The third-order valence-electron chi connectivity index (χ3n) is 3.08. The smallest absolute Gasteiger partial charge is 0.245 e. The fourth-order valence-corrected chi connectivity index (χ4v) is 2.16. The van der Waals surface area contributed by atoms with Crippen LogP contribution in [0.5, 0.6) is 0 Å². The molecule has 0 aromatic carbocycles. The lowest BCUT2D eigenvalue weighted by molar-refractivity contribution is 0.480. The molecule has 18 heavy (non-hydrogen) atoms. The van der Waals surface area contributed by atoms with Gasteiger partial charge in [0.25, 0.3) is 0 Å². The first-order valence-corrected chi connectivity index (χ1v) is 6.13. The Labute approximate surface area is 105 Å². The van der Waals surface area contributed by atoms with Crippen LogP contribution in [0.4, 0.5) is 5.95 Å². The van der Waals surface area contributed by atoms with Crippen molar-refractivity contribution in [2.24, 2.45) is 7.05 Å². The summed E-state index contributed by atoms with van der Waals surface area (Å²) in [6.07, 6.45) is 1.89. The highest BCUT2D eigenvalue weighted by molar-refractivity contribution is 5.50. The molecule has 0 saturated carbocycles. The predicted molar refractivity (Wildman–Crippen MR) is 68.3 cm³/mol. The van der Waals surface area contributed by atoms with Gasteiger partial charge in [-0.2, -0.15) is 10.1 Å². The molecule has 96 valence electrons. The normalized spacial score (nSPS) is 20.3. The number of H-pyrrole nitrogens is 1. The number of aromatic amines is 1. The number of aryl methyl sites for hydroxylation is 1. The number of hydrogen-bond donors (Lipinski definition) is 2. The van der Waals surface area contributed by atoms with E-state index in [2.05, 4.69) is 37.4 Å². The van der Waals surface area contributed by atoms with Crippen LogP contribution >= 0.6 is 0 Å². The Morgan fingerprint density at radius 3 is 3.06 bits per heavy atom. The van der Waals surface area contributed by atoms with E-state index in [1.54, 1.807) is 4.68 Å². The Morgan fingerprint density at radius 2 is 2.33 bits per heavy atom. The topological polar surface area (TPSA) is 74.7 Å². The highest BCUT2D eigenvalue weighted by Gasteiger charge is 2.19. The Balaban J connectivity index is 1.80. The van der Waals surface area contributed by atoms with E-state index in [1.807, 2.05) is 19.3 Å². The van der Waals surface area contributed by atoms with Gasteiger partial charge in [-0.3, -0.25) is 9.78 Å². The van der Waals surface area contributed by atoms with Crippen molar-refractivity contribution in [2.45, 2.75) is 13.0 Å². The molecule has 1 fully saturated rings. The minimum absolute atomic E-state index is 0.468. The van der Waals surface area contributed by atoms with Gasteiger partial charge in [-0.15, -0.1) is 5.10 Å². The summed E-state index contributed by atoms with van der Waals surface area (Å²) >= 11 is 0. The number of anilines is 1. The molecule has 3 rings (SSSR count). The number of hydrogen-bond acceptors (Lipinski definition) is 5. The predicted octanol–water partition coefficient (Wildman–Crippen LogP) is 0.00330. The average Bonchev–Trinajstić information content (AvgIpc) is 2.97.